The van der Waals surface area contributed by atoms with Gasteiger partial charge in [-0.3, -0.25) is 10.7 Å². The van der Waals surface area contributed by atoms with Gasteiger partial charge in [-0.05, 0) is 19.9 Å². The van der Waals surface area contributed by atoms with E-state index in [1.165, 1.54) is 0 Å². The molecular weight excluding hydrogens is 170 g/mol. The predicted molar refractivity (Wildman–Crippen MR) is 48.7 cm³/mol. The summed E-state index contributed by atoms with van der Waals surface area (Å²) in [6.45, 7) is 3.61. The molecule has 0 fully saturated rings. The van der Waals surface area contributed by atoms with Gasteiger partial charge >= 0.3 is 0 Å². The van der Waals surface area contributed by atoms with Crippen LogP contribution >= 0.6 is 0 Å². The molecule has 0 atom stereocenters. The van der Waals surface area contributed by atoms with Gasteiger partial charge in [-0.25, -0.2) is 9.97 Å². The third-order valence-electron chi connectivity index (χ3n) is 1.30. The van der Waals surface area contributed by atoms with Crippen molar-refractivity contribution in [2.75, 3.05) is 5.32 Å². The SMILES string of the molecule is Cc1cc(C)nc(NC(=N)N=O)n1. The summed E-state index contributed by atoms with van der Waals surface area (Å²) in [4.78, 5) is 17.8. The zero-order valence-corrected chi connectivity index (χ0v) is 7.33. The van der Waals surface area contributed by atoms with Crippen LogP contribution in [0.4, 0.5) is 5.95 Å². The summed E-state index contributed by atoms with van der Waals surface area (Å²) in [5.74, 6) is -0.271. The van der Waals surface area contributed by atoms with Crippen LogP contribution in [0.3, 0.4) is 0 Å². The molecule has 0 aromatic carbocycles. The third kappa shape index (κ3) is 2.58. The molecule has 0 spiro atoms. The number of rotatable bonds is 1. The van der Waals surface area contributed by atoms with Crippen LogP contribution in [0.2, 0.25) is 0 Å². The highest BCUT2D eigenvalue weighted by Gasteiger charge is 2.01. The number of nitrogens with one attached hydrogen (secondary N) is 2. The van der Waals surface area contributed by atoms with Gasteiger partial charge in [0, 0.05) is 16.6 Å². The molecule has 0 saturated carbocycles. The lowest BCUT2D eigenvalue weighted by Crippen LogP contribution is -2.10. The molecular formula is C7H9N5O. The zero-order chi connectivity index (χ0) is 9.84. The van der Waals surface area contributed by atoms with Crippen LogP contribution in [-0.4, -0.2) is 15.9 Å². The van der Waals surface area contributed by atoms with Crippen molar-refractivity contribution in [1.29, 1.82) is 5.41 Å². The van der Waals surface area contributed by atoms with E-state index in [9.17, 15) is 4.91 Å². The second-order valence-corrected chi connectivity index (χ2v) is 2.54. The first kappa shape index (κ1) is 9.24. The van der Waals surface area contributed by atoms with E-state index in [2.05, 4.69) is 20.5 Å². The molecule has 0 aliphatic heterocycles. The van der Waals surface area contributed by atoms with Gasteiger partial charge in [0.2, 0.25) is 5.95 Å². The quantitative estimate of drug-likeness (QED) is 0.385. The highest BCUT2D eigenvalue weighted by atomic mass is 16.3. The van der Waals surface area contributed by atoms with Crippen LogP contribution in [-0.2, 0) is 0 Å². The molecule has 0 amide bonds. The Balaban J connectivity index is 2.89. The molecule has 2 N–H and O–H groups in total. The lowest BCUT2D eigenvalue weighted by atomic mass is 10.4. The molecule has 13 heavy (non-hydrogen) atoms. The Kier molecular flexibility index (Phi) is 2.63. The number of nitrogens with zero attached hydrogens (tertiary/aromatic N) is 3. The summed E-state index contributed by atoms with van der Waals surface area (Å²) < 4.78 is 0. The van der Waals surface area contributed by atoms with E-state index >= 15 is 0 Å². The van der Waals surface area contributed by atoms with Gasteiger partial charge in [-0.15, -0.1) is 4.91 Å². The summed E-state index contributed by atoms with van der Waals surface area (Å²) in [5.41, 5.74) is 1.54. The lowest BCUT2D eigenvalue weighted by Gasteiger charge is -2.01. The molecule has 1 aromatic rings. The minimum absolute atomic E-state index is 0.224. The zero-order valence-electron chi connectivity index (χ0n) is 7.33. The van der Waals surface area contributed by atoms with E-state index < -0.39 is 5.96 Å². The second kappa shape index (κ2) is 3.70. The molecule has 6 nitrogen and oxygen atoms in total. The van der Waals surface area contributed by atoms with E-state index in [0.29, 0.717) is 0 Å². The van der Waals surface area contributed by atoms with Gasteiger partial charge in [-0.2, -0.15) is 0 Å². The lowest BCUT2D eigenvalue weighted by molar-refractivity contribution is 1.06. The molecule has 0 aliphatic carbocycles. The average Bonchev–Trinajstić information content (AvgIpc) is 2.02. The monoisotopic (exact) mass is 179 g/mol. The Hall–Kier alpha value is -1.85. The smallest absolute Gasteiger partial charge is 0.264 e. The molecule has 1 rings (SSSR count). The first-order chi connectivity index (χ1) is 6.11. The molecule has 0 saturated heterocycles. The second-order valence-electron chi connectivity index (χ2n) is 2.54. The fourth-order valence-corrected chi connectivity index (χ4v) is 0.911. The van der Waals surface area contributed by atoms with Crippen molar-refractivity contribution in [3.63, 3.8) is 0 Å². The summed E-state index contributed by atoms with van der Waals surface area (Å²) in [5, 5.41) is 11.7. The molecule has 0 radical (unpaired) electrons. The minimum Gasteiger partial charge on any atom is -0.290 e. The Bertz CT molecular complexity index is 328. The Morgan fingerprint density at radius 1 is 1.46 bits per heavy atom. The van der Waals surface area contributed by atoms with Gasteiger partial charge < -0.3 is 0 Å². The maximum Gasteiger partial charge on any atom is 0.264 e. The maximum absolute atomic E-state index is 9.89. The van der Waals surface area contributed by atoms with Crippen LogP contribution < -0.4 is 5.32 Å². The van der Waals surface area contributed by atoms with Crippen molar-refractivity contribution in [2.24, 2.45) is 5.18 Å². The maximum atomic E-state index is 9.89. The largest absolute Gasteiger partial charge is 0.290 e. The summed E-state index contributed by atoms with van der Waals surface area (Å²) in [6.07, 6.45) is 0. The van der Waals surface area contributed by atoms with Crippen molar-refractivity contribution >= 4 is 11.9 Å². The summed E-state index contributed by atoms with van der Waals surface area (Å²) in [6, 6.07) is 1.79. The van der Waals surface area contributed by atoms with Gasteiger partial charge in [-0.1, -0.05) is 0 Å². The summed E-state index contributed by atoms with van der Waals surface area (Å²) in [7, 11) is 0. The van der Waals surface area contributed by atoms with Crippen molar-refractivity contribution in [2.45, 2.75) is 13.8 Å². The third-order valence-corrected chi connectivity index (χ3v) is 1.30. The molecule has 0 aliphatic rings. The molecule has 1 aromatic heterocycles. The fraction of sp³-hybridized carbons (Fsp3) is 0.286. The van der Waals surface area contributed by atoms with Crippen LogP contribution in [0.5, 0.6) is 0 Å². The molecule has 68 valence electrons. The highest BCUT2D eigenvalue weighted by molar-refractivity contribution is 5.89. The van der Waals surface area contributed by atoms with E-state index in [-0.39, 0.29) is 5.95 Å². The highest BCUT2D eigenvalue weighted by Crippen LogP contribution is 2.03. The van der Waals surface area contributed by atoms with Crippen LogP contribution in [0.15, 0.2) is 11.2 Å². The minimum atomic E-state index is -0.495. The van der Waals surface area contributed by atoms with Crippen LogP contribution in [0.1, 0.15) is 11.4 Å². The predicted octanol–water partition coefficient (Wildman–Crippen LogP) is 1.21. The standard InChI is InChI=1S/C7H9N5O/c1-4-3-5(2)10-7(9-4)11-6(8)12-13/h3H,1-2H3,(H2,8,9,10,11). The fourth-order valence-electron chi connectivity index (χ4n) is 0.911. The van der Waals surface area contributed by atoms with E-state index in [0.717, 1.165) is 11.4 Å². The first-order valence-electron chi connectivity index (χ1n) is 3.63. The first-order valence-corrected chi connectivity index (χ1v) is 3.63. The summed E-state index contributed by atoms with van der Waals surface area (Å²) >= 11 is 0. The molecule has 0 unspecified atom stereocenters. The molecule has 1 heterocycles. The van der Waals surface area contributed by atoms with Crippen molar-refractivity contribution < 1.29 is 0 Å². The van der Waals surface area contributed by atoms with Gasteiger partial charge in [0.1, 0.15) is 0 Å². The van der Waals surface area contributed by atoms with Gasteiger partial charge in [0.25, 0.3) is 5.96 Å². The van der Waals surface area contributed by atoms with E-state index in [1.807, 2.05) is 0 Å². The normalized spacial score (nSPS) is 9.38. The number of hydrogen-bond donors (Lipinski definition) is 2. The number of aryl methyl sites for hydroxylation is 2. The van der Waals surface area contributed by atoms with Gasteiger partial charge in [0.15, 0.2) is 0 Å². The van der Waals surface area contributed by atoms with Crippen LogP contribution in [0.25, 0.3) is 0 Å². The van der Waals surface area contributed by atoms with E-state index in [1.54, 1.807) is 19.9 Å². The Labute approximate surface area is 74.9 Å². The molecule has 0 bridgehead atoms. The number of guanidine groups is 1. The van der Waals surface area contributed by atoms with Gasteiger partial charge in [0.05, 0.1) is 0 Å². The average molecular weight is 179 g/mol. The Morgan fingerprint density at radius 3 is 2.46 bits per heavy atom. The van der Waals surface area contributed by atoms with Crippen molar-refractivity contribution in [3.05, 3.63) is 22.4 Å². The number of hydrogen-bond acceptors (Lipinski definition) is 4. The number of nitroso groups, excluding NO2 is 1. The van der Waals surface area contributed by atoms with Crippen LogP contribution in [0, 0.1) is 24.2 Å². The topological polar surface area (TPSA) is 91.1 Å². The van der Waals surface area contributed by atoms with E-state index in [4.69, 9.17) is 5.41 Å². The molecule has 6 heteroatoms. The number of anilines is 1. The van der Waals surface area contributed by atoms with Crippen molar-refractivity contribution in [3.8, 4) is 0 Å². The number of aromatic nitrogens is 2. The van der Waals surface area contributed by atoms with Crippen molar-refractivity contribution in [1.82, 2.24) is 9.97 Å². The Morgan fingerprint density at radius 2 is 2.00 bits per heavy atom.